The molecule has 0 fully saturated rings. The fourth-order valence-electron chi connectivity index (χ4n) is 1.91. The van der Waals surface area contributed by atoms with Gasteiger partial charge >= 0.3 is 0 Å². The molecule has 0 atom stereocenters. The third-order valence-electron chi connectivity index (χ3n) is 2.83. The lowest BCUT2D eigenvalue weighted by atomic mass is 10.2. The largest absolute Gasteiger partial charge is 0.326 e. The lowest BCUT2D eigenvalue weighted by Gasteiger charge is -2.12. The van der Waals surface area contributed by atoms with Crippen LogP contribution in [-0.4, -0.2) is 5.75 Å². The molecule has 0 aliphatic heterocycles. The van der Waals surface area contributed by atoms with Gasteiger partial charge in [0, 0.05) is 22.1 Å². The summed E-state index contributed by atoms with van der Waals surface area (Å²) >= 11 is 3.74. The van der Waals surface area contributed by atoms with E-state index >= 15 is 0 Å². The van der Waals surface area contributed by atoms with E-state index in [1.807, 2.05) is 23.5 Å². The minimum absolute atomic E-state index is 0.611. The number of nitrogens with two attached hydrogens (primary N) is 1. The van der Waals surface area contributed by atoms with Crippen LogP contribution in [-0.2, 0) is 12.3 Å². The fourth-order valence-corrected chi connectivity index (χ4v) is 3.88. The summed E-state index contributed by atoms with van der Waals surface area (Å²) in [5.74, 6) is 2.08. The highest BCUT2D eigenvalue weighted by Crippen LogP contribution is 2.32. The van der Waals surface area contributed by atoms with Crippen molar-refractivity contribution in [2.45, 2.75) is 29.0 Å². The highest BCUT2D eigenvalue weighted by molar-refractivity contribution is 7.99. The van der Waals surface area contributed by atoms with Crippen LogP contribution in [0.3, 0.4) is 0 Å². The Morgan fingerprint density at radius 2 is 1.58 bits per heavy atom. The molecule has 2 aromatic carbocycles. The summed E-state index contributed by atoms with van der Waals surface area (Å²) in [5.41, 5.74) is 8.56. The number of rotatable bonds is 6. The van der Waals surface area contributed by atoms with Crippen LogP contribution in [0.5, 0.6) is 0 Å². The van der Waals surface area contributed by atoms with E-state index in [2.05, 4.69) is 55.5 Å². The molecule has 0 aliphatic carbocycles. The zero-order chi connectivity index (χ0) is 13.5. The molecule has 3 heteroatoms. The molecule has 1 nitrogen and oxygen atoms in total. The summed E-state index contributed by atoms with van der Waals surface area (Å²) in [7, 11) is 0. The van der Waals surface area contributed by atoms with E-state index in [9.17, 15) is 0 Å². The van der Waals surface area contributed by atoms with E-state index in [-0.39, 0.29) is 0 Å². The van der Waals surface area contributed by atoms with Gasteiger partial charge in [0.25, 0.3) is 0 Å². The molecule has 0 aliphatic rings. The maximum absolute atomic E-state index is 5.92. The van der Waals surface area contributed by atoms with E-state index in [0.29, 0.717) is 6.54 Å². The van der Waals surface area contributed by atoms with Gasteiger partial charge in [-0.2, -0.15) is 0 Å². The van der Waals surface area contributed by atoms with Crippen LogP contribution < -0.4 is 5.73 Å². The van der Waals surface area contributed by atoms with Crippen LogP contribution in [0.15, 0.2) is 58.3 Å². The summed E-state index contributed by atoms with van der Waals surface area (Å²) in [5, 5.41) is 0. The topological polar surface area (TPSA) is 26.0 Å². The van der Waals surface area contributed by atoms with Crippen molar-refractivity contribution in [3.05, 3.63) is 59.7 Å². The van der Waals surface area contributed by atoms with Crippen molar-refractivity contribution in [2.75, 3.05) is 5.75 Å². The maximum Gasteiger partial charge on any atom is 0.0232 e. The molecule has 0 aromatic heterocycles. The van der Waals surface area contributed by atoms with E-state index in [4.69, 9.17) is 5.73 Å². The Labute approximate surface area is 124 Å². The molecule has 0 bridgehead atoms. The van der Waals surface area contributed by atoms with Crippen molar-refractivity contribution < 1.29 is 0 Å². The minimum atomic E-state index is 0.611. The van der Waals surface area contributed by atoms with Crippen LogP contribution in [0.4, 0.5) is 0 Å². The molecule has 0 unspecified atom stereocenters. The first-order valence-corrected chi connectivity index (χ1v) is 8.43. The van der Waals surface area contributed by atoms with Crippen molar-refractivity contribution in [1.82, 2.24) is 0 Å². The number of hydrogen-bond donors (Lipinski definition) is 1. The number of hydrogen-bond acceptors (Lipinski definition) is 3. The molecular weight excluding hydrogens is 270 g/mol. The van der Waals surface area contributed by atoms with Crippen LogP contribution in [0.25, 0.3) is 0 Å². The predicted molar refractivity (Wildman–Crippen MR) is 86.7 cm³/mol. The van der Waals surface area contributed by atoms with E-state index in [0.717, 1.165) is 11.5 Å². The van der Waals surface area contributed by atoms with Crippen LogP contribution in [0, 0.1) is 0 Å². The van der Waals surface area contributed by atoms with Crippen molar-refractivity contribution in [3.63, 3.8) is 0 Å². The standard InChI is InChI=1S/C16H19NS2/c1-2-18-15-9-6-10-16(14(15)11-17)19-12-13-7-4-3-5-8-13/h3-10H,2,11-12,17H2,1H3. The van der Waals surface area contributed by atoms with Gasteiger partial charge in [0.05, 0.1) is 0 Å². The second-order valence-electron chi connectivity index (χ2n) is 4.14. The molecule has 0 spiro atoms. The average Bonchev–Trinajstić information content (AvgIpc) is 2.46. The second kappa shape index (κ2) is 7.63. The molecule has 0 saturated carbocycles. The summed E-state index contributed by atoms with van der Waals surface area (Å²) in [6.07, 6.45) is 0. The quantitative estimate of drug-likeness (QED) is 0.790. The van der Waals surface area contributed by atoms with Gasteiger partial charge in [0.1, 0.15) is 0 Å². The highest BCUT2D eigenvalue weighted by Gasteiger charge is 2.07. The number of thioether (sulfide) groups is 2. The fraction of sp³-hybridized carbons (Fsp3) is 0.250. The third-order valence-corrected chi connectivity index (χ3v) is 4.98. The van der Waals surface area contributed by atoms with E-state index in [1.165, 1.54) is 20.9 Å². The number of benzene rings is 2. The summed E-state index contributed by atoms with van der Waals surface area (Å²) < 4.78 is 0. The highest BCUT2D eigenvalue weighted by atomic mass is 32.2. The third kappa shape index (κ3) is 4.03. The second-order valence-corrected chi connectivity index (χ2v) is 6.47. The Kier molecular flexibility index (Phi) is 5.83. The van der Waals surface area contributed by atoms with Gasteiger partial charge in [-0.1, -0.05) is 43.3 Å². The van der Waals surface area contributed by atoms with Gasteiger partial charge in [-0.25, -0.2) is 0 Å². The Bertz CT molecular complexity index is 511. The summed E-state index contributed by atoms with van der Waals surface area (Å²) in [4.78, 5) is 2.63. The first-order chi connectivity index (χ1) is 9.35. The van der Waals surface area contributed by atoms with Crippen LogP contribution >= 0.6 is 23.5 Å². The van der Waals surface area contributed by atoms with E-state index < -0.39 is 0 Å². The molecule has 0 heterocycles. The Morgan fingerprint density at radius 1 is 0.895 bits per heavy atom. The van der Waals surface area contributed by atoms with Crippen LogP contribution in [0.1, 0.15) is 18.1 Å². The van der Waals surface area contributed by atoms with Crippen LogP contribution in [0.2, 0.25) is 0 Å². The molecular formula is C16H19NS2. The normalized spacial score (nSPS) is 10.6. The van der Waals surface area contributed by atoms with Gasteiger partial charge in [-0.3, -0.25) is 0 Å². The zero-order valence-corrected chi connectivity index (χ0v) is 12.8. The molecule has 0 radical (unpaired) electrons. The zero-order valence-electron chi connectivity index (χ0n) is 11.1. The van der Waals surface area contributed by atoms with Gasteiger partial charge in [0.15, 0.2) is 0 Å². The minimum Gasteiger partial charge on any atom is -0.326 e. The Balaban J connectivity index is 2.13. The first kappa shape index (κ1) is 14.5. The average molecular weight is 289 g/mol. The maximum atomic E-state index is 5.92. The molecule has 2 rings (SSSR count). The Hall–Kier alpha value is -0.900. The molecule has 19 heavy (non-hydrogen) atoms. The first-order valence-electron chi connectivity index (χ1n) is 6.46. The predicted octanol–water partition coefficient (Wildman–Crippen LogP) is 4.55. The van der Waals surface area contributed by atoms with Crippen molar-refractivity contribution >= 4 is 23.5 Å². The van der Waals surface area contributed by atoms with Crippen molar-refractivity contribution in [1.29, 1.82) is 0 Å². The van der Waals surface area contributed by atoms with Gasteiger partial charge in [-0.15, -0.1) is 23.5 Å². The molecule has 0 amide bonds. The van der Waals surface area contributed by atoms with Crippen molar-refractivity contribution in [2.24, 2.45) is 5.73 Å². The van der Waals surface area contributed by atoms with Gasteiger partial charge < -0.3 is 5.73 Å². The van der Waals surface area contributed by atoms with Gasteiger partial charge in [0.2, 0.25) is 0 Å². The molecule has 0 saturated heterocycles. The lowest BCUT2D eigenvalue weighted by Crippen LogP contribution is -2.01. The van der Waals surface area contributed by atoms with Gasteiger partial charge in [-0.05, 0) is 29.0 Å². The SMILES string of the molecule is CCSc1cccc(SCc2ccccc2)c1CN. The molecule has 2 N–H and O–H groups in total. The van der Waals surface area contributed by atoms with Crippen molar-refractivity contribution in [3.8, 4) is 0 Å². The van der Waals surface area contributed by atoms with E-state index in [1.54, 1.807) is 0 Å². The summed E-state index contributed by atoms with van der Waals surface area (Å²) in [6.45, 7) is 2.79. The molecule has 100 valence electrons. The molecule has 2 aromatic rings. The smallest absolute Gasteiger partial charge is 0.0232 e. The summed E-state index contributed by atoms with van der Waals surface area (Å²) in [6, 6.07) is 17.0. The lowest BCUT2D eigenvalue weighted by molar-refractivity contribution is 0.980. The Morgan fingerprint density at radius 3 is 2.21 bits per heavy atom. The monoisotopic (exact) mass is 289 g/mol.